The number of nitrogens with one attached hydrogen (secondary N) is 2. The third-order valence-corrected chi connectivity index (χ3v) is 3.51. The summed E-state index contributed by atoms with van der Waals surface area (Å²) in [4.78, 5) is 12.3. The number of ether oxygens (including phenoxy) is 1. The van der Waals surface area contributed by atoms with E-state index >= 15 is 0 Å². The third kappa shape index (κ3) is 4.28. The van der Waals surface area contributed by atoms with E-state index in [1.807, 2.05) is 6.92 Å². The largest absolute Gasteiger partial charge is 0.380 e. The fourth-order valence-electron chi connectivity index (χ4n) is 2.54. The number of carbonyl (C=O) groups is 1. The van der Waals surface area contributed by atoms with E-state index in [1.54, 1.807) is 0 Å². The van der Waals surface area contributed by atoms with E-state index in [4.69, 9.17) is 4.74 Å². The lowest BCUT2D eigenvalue weighted by Crippen LogP contribution is -2.48. The predicted molar refractivity (Wildman–Crippen MR) is 68.9 cm³/mol. The molecule has 1 saturated heterocycles. The van der Waals surface area contributed by atoms with Gasteiger partial charge in [-0.1, -0.05) is 13.3 Å². The van der Waals surface area contributed by atoms with E-state index in [0.717, 1.165) is 38.8 Å². The Kier molecular flexibility index (Phi) is 6.52. The van der Waals surface area contributed by atoms with Crippen molar-refractivity contribution in [3.63, 3.8) is 0 Å². The zero-order valence-corrected chi connectivity index (χ0v) is 11.2. The van der Waals surface area contributed by atoms with Crippen molar-refractivity contribution >= 4 is 5.91 Å². The summed E-state index contributed by atoms with van der Waals surface area (Å²) < 4.78 is 5.24. The lowest BCUT2D eigenvalue weighted by molar-refractivity contribution is -0.133. The highest BCUT2D eigenvalue weighted by Gasteiger charge is 2.38. The molecule has 0 aromatic rings. The van der Waals surface area contributed by atoms with Gasteiger partial charge in [-0.2, -0.15) is 0 Å². The van der Waals surface area contributed by atoms with Crippen LogP contribution in [-0.2, 0) is 9.53 Å². The predicted octanol–water partition coefficient (Wildman–Crippen LogP) is 1.31. The van der Waals surface area contributed by atoms with Gasteiger partial charge in [-0.3, -0.25) is 4.79 Å². The summed E-state index contributed by atoms with van der Waals surface area (Å²) in [5, 5.41) is 6.35. The van der Waals surface area contributed by atoms with Crippen LogP contribution < -0.4 is 10.6 Å². The molecule has 1 aliphatic heterocycles. The van der Waals surface area contributed by atoms with Crippen LogP contribution in [0.2, 0.25) is 0 Å². The zero-order valence-electron chi connectivity index (χ0n) is 11.2. The molecule has 1 aliphatic rings. The zero-order chi connectivity index (χ0) is 12.6. The fourth-order valence-corrected chi connectivity index (χ4v) is 2.54. The molecule has 100 valence electrons. The Bertz CT molecular complexity index is 220. The number of amides is 1. The molecule has 1 amide bonds. The van der Waals surface area contributed by atoms with Crippen LogP contribution in [0.5, 0.6) is 0 Å². The van der Waals surface area contributed by atoms with Crippen LogP contribution in [0.3, 0.4) is 0 Å². The Morgan fingerprint density at radius 3 is 2.65 bits per heavy atom. The summed E-state index contributed by atoms with van der Waals surface area (Å²) in [6, 6.07) is 0. The standard InChI is InChI=1S/C13H26N2O2/c1-3-5-13(6-8-14-9-7-13)12(16)15-10-11-17-4-2/h14H,3-11H2,1-2H3,(H,15,16). The molecule has 4 nitrogen and oxygen atoms in total. The molecule has 1 fully saturated rings. The monoisotopic (exact) mass is 242 g/mol. The maximum Gasteiger partial charge on any atom is 0.226 e. The van der Waals surface area contributed by atoms with Crippen LogP contribution in [0, 0.1) is 5.41 Å². The average Bonchev–Trinajstić information content (AvgIpc) is 2.36. The van der Waals surface area contributed by atoms with E-state index < -0.39 is 0 Å². The van der Waals surface area contributed by atoms with Gasteiger partial charge in [0.15, 0.2) is 0 Å². The van der Waals surface area contributed by atoms with Gasteiger partial charge in [-0.15, -0.1) is 0 Å². The molecule has 0 bridgehead atoms. The van der Waals surface area contributed by atoms with Crippen molar-refractivity contribution in [1.82, 2.24) is 10.6 Å². The molecule has 1 heterocycles. The van der Waals surface area contributed by atoms with Gasteiger partial charge < -0.3 is 15.4 Å². The van der Waals surface area contributed by atoms with Gasteiger partial charge in [0, 0.05) is 13.2 Å². The second kappa shape index (κ2) is 7.67. The van der Waals surface area contributed by atoms with Gasteiger partial charge in [-0.25, -0.2) is 0 Å². The summed E-state index contributed by atoms with van der Waals surface area (Å²) in [7, 11) is 0. The molecule has 2 N–H and O–H groups in total. The highest BCUT2D eigenvalue weighted by atomic mass is 16.5. The summed E-state index contributed by atoms with van der Waals surface area (Å²) in [6.07, 6.45) is 3.98. The number of piperidine rings is 1. The Morgan fingerprint density at radius 1 is 1.35 bits per heavy atom. The van der Waals surface area contributed by atoms with Crippen LogP contribution in [0.15, 0.2) is 0 Å². The lowest BCUT2D eigenvalue weighted by atomic mass is 9.74. The smallest absolute Gasteiger partial charge is 0.226 e. The van der Waals surface area contributed by atoms with Crippen molar-refractivity contribution in [3.05, 3.63) is 0 Å². The van der Waals surface area contributed by atoms with Gasteiger partial charge >= 0.3 is 0 Å². The van der Waals surface area contributed by atoms with Crippen LogP contribution in [0.25, 0.3) is 0 Å². The molecular weight excluding hydrogens is 216 g/mol. The maximum atomic E-state index is 12.3. The van der Waals surface area contributed by atoms with E-state index in [-0.39, 0.29) is 11.3 Å². The molecule has 4 heteroatoms. The average molecular weight is 242 g/mol. The van der Waals surface area contributed by atoms with Crippen LogP contribution in [0.1, 0.15) is 39.5 Å². The molecular formula is C13H26N2O2. The van der Waals surface area contributed by atoms with Crippen molar-refractivity contribution < 1.29 is 9.53 Å². The summed E-state index contributed by atoms with van der Waals surface area (Å²) >= 11 is 0. The van der Waals surface area contributed by atoms with Crippen LogP contribution in [0.4, 0.5) is 0 Å². The number of carbonyl (C=O) groups excluding carboxylic acids is 1. The minimum Gasteiger partial charge on any atom is -0.380 e. The SMILES string of the molecule is CCCC1(C(=O)NCCOCC)CCNCC1. The Hall–Kier alpha value is -0.610. The molecule has 0 atom stereocenters. The van der Waals surface area contributed by atoms with Gasteiger partial charge in [0.2, 0.25) is 5.91 Å². The highest BCUT2D eigenvalue weighted by Crippen LogP contribution is 2.34. The Morgan fingerprint density at radius 2 is 2.06 bits per heavy atom. The first kappa shape index (κ1) is 14.5. The quantitative estimate of drug-likeness (QED) is 0.662. The topological polar surface area (TPSA) is 50.4 Å². The minimum atomic E-state index is -0.133. The molecule has 0 radical (unpaired) electrons. The van der Waals surface area contributed by atoms with Crippen molar-refractivity contribution in [2.24, 2.45) is 5.41 Å². The molecule has 17 heavy (non-hydrogen) atoms. The molecule has 0 saturated carbocycles. The van der Waals surface area contributed by atoms with Gasteiger partial charge in [0.05, 0.1) is 12.0 Å². The molecule has 1 rings (SSSR count). The molecule has 0 spiro atoms. The fraction of sp³-hybridized carbons (Fsp3) is 0.923. The van der Waals surface area contributed by atoms with Crippen molar-refractivity contribution in [2.45, 2.75) is 39.5 Å². The Balaban J connectivity index is 2.42. The van der Waals surface area contributed by atoms with Gasteiger partial charge in [0.25, 0.3) is 0 Å². The third-order valence-electron chi connectivity index (χ3n) is 3.51. The first-order chi connectivity index (χ1) is 8.25. The van der Waals surface area contributed by atoms with E-state index in [9.17, 15) is 4.79 Å². The number of hydrogen-bond acceptors (Lipinski definition) is 3. The summed E-state index contributed by atoms with van der Waals surface area (Å²) in [5.41, 5.74) is -0.133. The molecule has 0 aromatic heterocycles. The molecule has 0 aliphatic carbocycles. The second-order valence-corrected chi connectivity index (χ2v) is 4.73. The number of hydrogen-bond donors (Lipinski definition) is 2. The van der Waals surface area contributed by atoms with Crippen LogP contribution in [-0.4, -0.2) is 38.8 Å². The van der Waals surface area contributed by atoms with Crippen molar-refractivity contribution in [2.75, 3.05) is 32.8 Å². The first-order valence-electron chi connectivity index (χ1n) is 6.82. The molecule has 0 aromatic carbocycles. The maximum absolute atomic E-state index is 12.3. The summed E-state index contributed by atoms with van der Waals surface area (Å²) in [6.45, 7) is 7.98. The highest BCUT2D eigenvalue weighted by molar-refractivity contribution is 5.82. The normalized spacial score (nSPS) is 18.9. The van der Waals surface area contributed by atoms with E-state index in [0.29, 0.717) is 19.8 Å². The summed E-state index contributed by atoms with van der Waals surface area (Å²) in [5.74, 6) is 0.223. The minimum absolute atomic E-state index is 0.133. The molecule has 0 unspecified atom stereocenters. The number of rotatable bonds is 7. The van der Waals surface area contributed by atoms with Gasteiger partial charge in [-0.05, 0) is 39.3 Å². The van der Waals surface area contributed by atoms with E-state index in [1.165, 1.54) is 0 Å². The Labute approximate surface area is 104 Å². The van der Waals surface area contributed by atoms with Crippen molar-refractivity contribution in [3.8, 4) is 0 Å². The second-order valence-electron chi connectivity index (χ2n) is 4.73. The first-order valence-corrected chi connectivity index (χ1v) is 6.82. The van der Waals surface area contributed by atoms with E-state index in [2.05, 4.69) is 17.6 Å². The van der Waals surface area contributed by atoms with Gasteiger partial charge in [0.1, 0.15) is 0 Å². The lowest BCUT2D eigenvalue weighted by Gasteiger charge is -2.36. The van der Waals surface area contributed by atoms with Crippen LogP contribution >= 0.6 is 0 Å². The van der Waals surface area contributed by atoms with Crippen molar-refractivity contribution in [1.29, 1.82) is 0 Å².